The fourth-order valence-corrected chi connectivity index (χ4v) is 1.41. The molecule has 0 aliphatic rings. The van der Waals surface area contributed by atoms with Crippen molar-refractivity contribution in [2.45, 2.75) is 25.8 Å². The predicted octanol–water partition coefficient (Wildman–Crippen LogP) is 2.10. The fourth-order valence-electron chi connectivity index (χ4n) is 1.41. The van der Waals surface area contributed by atoms with Gasteiger partial charge in [0.15, 0.2) is 0 Å². The summed E-state index contributed by atoms with van der Waals surface area (Å²) in [5.74, 6) is -0.362. The van der Waals surface area contributed by atoms with Crippen LogP contribution in [0.4, 0.5) is 0 Å². The number of nitrogens with two attached hydrogens (primary N) is 1. The third-order valence-corrected chi connectivity index (χ3v) is 2.42. The summed E-state index contributed by atoms with van der Waals surface area (Å²) in [7, 11) is 0. The van der Waals surface area contributed by atoms with Crippen molar-refractivity contribution < 1.29 is 9.53 Å². The van der Waals surface area contributed by atoms with Gasteiger partial charge in [0.25, 0.3) is 0 Å². The number of esters is 1. The highest BCUT2D eigenvalue weighted by atomic mass is 35.5. The molecule has 0 bridgehead atoms. The number of carbonyl (C=O) groups excluding carboxylic acids is 1. The smallest absolute Gasteiger partial charge is 0.323 e. The van der Waals surface area contributed by atoms with Gasteiger partial charge in [-0.25, -0.2) is 0 Å². The zero-order valence-corrected chi connectivity index (χ0v) is 10.4. The van der Waals surface area contributed by atoms with E-state index in [0.717, 1.165) is 5.56 Å². The second-order valence-corrected chi connectivity index (χ2v) is 3.48. The first-order valence-electron chi connectivity index (χ1n) is 5.14. The van der Waals surface area contributed by atoms with Crippen molar-refractivity contribution >= 4 is 18.4 Å². The molecule has 1 aromatic carbocycles. The Morgan fingerprint density at radius 2 is 1.94 bits per heavy atom. The summed E-state index contributed by atoms with van der Waals surface area (Å²) in [6.45, 7) is 4.07. The van der Waals surface area contributed by atoms with Crippen molar-refractivity contribution in [3.63, 3.8) is 0 Å². The third-order valence-electron chi connectivity index (χ3n) is 2.42. The summed E-state index contributed by atoms with van der Waals surface area (Å²) >= 11 is 0. The van der Waals surface area contributed by atoms with Gasteiger partial charge in [0.2, 0.25) is 0 Å². The van der Waals surface area contributed by atoms with Gasteiger partial charge >= 0.3 is 5.97 Å². The van der Waals surface area contributed by atoms with E-state index in [1.165, 1.54) is 0 Å². The van der Waals surface area contributed by atoms with Crippen LogP contribution in [0.1, 0.15) is 25.3 Å². The molecule has 4 heteroatoms. The Morgan fingerprint density at radius 1 is 1.38 bits per heavy atom. The van der Waals surface area contributed by atoms with Crippen molar-refractivity contribution in [2.75, 3.05) is 6.61 Å². The van der Waals surface area contributed by atoms with Crippen LogP contribution in [0, 0.1) is 0 Å². The summed E-state index contributed by atoms with van der Waals surface area (Å²) in [4.78, 5) is 11.4. The van der Waals surface area contributed by atoms with E-state index in [4.69, 9.17) is 10.5 Å². The Balaban J connectivity index is 0.00000225. The number of carbonyl (C=O) groups is 1. The Bertz CT molecular complexity index is 316. The molecule has 0 spiro atoms. The zero-order chi connectivity index (χ0) is 11.3. The predicted molar refractivity (Wildman–Crippen MR) is 66.7 cm³/mol. The van der Waals surface area contributed by atoms with Gasteiger partial charge in [-0.05, 0) is 12.5 Å². The minimum atomic E-state index is -0.590. The number of benzene rings is 1. The average Bonchev–Trinajstić information content (AvgIpc) is 2.28. The van der Waals surface area contributed by atoms with Crippen molar-refractivity contribution in [1.29, 1.82) is 0 Å². The monoisotopic (exact) mass is 243 g/mol. The van der Waals surface area contributed by atoms with Crippen LogP contribution in [0.25, 0.3) is 0 Å². The molecular weight excluding hydrogens is 226 g/mol. The lowest BCUT2D eigenvalue weighted by atomic mass is 9.94. The number of ether oxygens (including phenoxy) is 1. The van der Waals surface area contributed by atoms with E-state index in [2.05, 4.69) is 0 Å². The number of halogens is 1. The lowest BCUT2D eigenvalue weighted by molar-refractivity contribution is -0.145. The molecule has 0 saturated heterocycles. The summed E-state index contributed by atoms with van der Waals surface area (Å²) in [5.41, 5.74) is 6.86. The molecule has 1 aromatic rings. The van der Waals surface area contributed by atoms with Crippen molar-refractivity contribution in [3.8, 4) is 0 Å². The van der Waals surface area contributed by atoms with Crippen LogP contribution in [0.5, 0.6) is 0 Å². The molecule has 0 amide bonds. The largest absolute Gasteiger partial charge is 0.465 e. The highest BCUT2D eigenvalue weighted by Crippen LogP contribution is 2.18. The van der Waals surface area contributed by atoms with Gasteiger partial charge in [0.1, 0.15) is 6.04 Å². The lowest BCUT2D eigenvalue weighted by Crippen LogP contribution is -2.37. The summed E-state index contributed by atoms with van der Waals surface area (Å²) in [5, 5.41) is 0. The second kappa shape index (κ2) is 7.25. The SMILES string of the molecule is CCOC(=O)C(N)C(C)c1ccccc1.Cl. The standard InChI is InChI=1S/C12H17NO2.ClH/c1-3-15-12(14)11(13)9(2)10-7-5-4-6-8-10;/h4-9,11H,3,13H2,1-2H3;1H. The molecule has 16 heavy (non-hydrogen) atoms. The van der Waals surface area contributed by atoms with Gasteiger partial charge in [-0.1, -0.05) is 37.3 Å². The van der Waals surface area contributed by atoms with Crippen molar-refractivity contribution in [3.05, 3.63) is 35.9 Å². The van der Waals surface area contributed by atoms with E-state index in [1.54, 1.807) is 6.92 Å². The van der Waals surface area contributed by atoms with E-state index in [1.807, 2.05) is 37.3 Å². The molecule has 2 atom stereocenters. The topological polar surface area (TPSA) is 52.3 Å². The van der Waals surface area contributed by atoms with Crippen LogP contribution in [0.15, 0.2) is 30.3 Å². The molecule has 0 aromatic heterocycles. The summed E-state index contributed by atoms with van der Waals surface area (Å²) in [6.07, 6.45) is 0. The summed E-state index contributed by atoms with van der Waals surface area (Å²) < 4.78 is 4.88. The normalized spacial score (nSPS) is 13.4. The van der Waals surface area contributed by atoms with Crippen LogP contribution in [-0.2, 0) is 9.53 Å². The van der Waals surface area contributed by atoms with E-state index in [9.17, 15) is 4.79 Å². The van der Waals surface area contributed by atoms with Crippen LogP contribution in [0.3, 0.4) is 0 Å². The fraction of sp³-hybridized carbons (Fsp3) is 0.417. The molecule has 0 radical (unpaired) electrons. The van der Waals surface area contributed by atoms with Crippen molar-refractivity contribution in [2.24, 2.45) is 5.73 Å². The quantitative estimate of drug-likeness (QED) is 0.824. The molecule has 2 unspecified atom stereocenters. The van der Waals surface area contributed by atoms with E-state index >= 15 is 0 Å². The van der Waals surface area contributed by atoms with Gasteiger partial charge in [-0.15, -0.1) is 12.4 Å². The van der Waals surface area contributed by atoms with Gasteiger partial charge in [-0.2, -0.15) is 0 Å². The van der Waals surface area contributed by atoms with Crippen LogP contribution >= 0.6 is 12.4 Å². The highest BCUT2D eigenvalue weighted by Gasteiger charge is 2.22. The Kier molecular flexibility index (Phi) is 6.77. The Hall–Kier alpha value is -1.06. The van der Waals surface area contributed by atoms with Crippen LogP contribution in [0.2, 0.25) is 0 Å². The first-order valence-corrected chi connectivity index (χ1v) is 5.14. The molecule has 0 saturated carbocycles. The van der Waals surface area contributed by atoms with Gasteiger partial charge < -0.3 is 10.5 Å². The van der Waals surface area contributed by atoms with Crippen molar-refractivity contribution in [1.82, 2.24) is 0 Å². The Morgan fingerprint density at radius 3 is 2.44 bits per heavy atom. The van der Waals surface area contributed by atoms with E-state index in [-0.39, 0.29) is 24.3 Å². The maximum atomic E-state index is 11.4. The van der Waals surface area contributed by atoms with Crippen LogP contribution in [-0.4, -0.2) is 18.6 Å². The minimum Gasteiger partial charge on any atom is -0.465 e. The molecule has 0 aliphatic carbocycles. The zero-order valence-electron chi connectivity index (χ0n) is 9.55. The minimum absolute atomic E-state index is 0. The molecule has 3 nitrogen and oxygen atoms in total. The summed E-state index contributed by atoms with van der Waals surface area (Å²) in [6, 6.07) is 9.14. The maximum Gasteiger partial charge on any atom is 0.323 e. The van der Waals surface area contributed by atoms with Gasteiger partial charge in [0.05, 0.1) is 6.61 Å². The average molecular weight is 244 g/mol. The molecule has 90 valence electrons. The third kappa shape index (κ3) is 3.83. The van der Waals surface area contributed by atoms with E-state index in [0.29, 0.717) is 6.61 Å². The first kappa shape index (κ1) is 14.9. The molecule has 1 rings (SSSR count). The number of hydrogen-bond donors (Lipinski definition) is 1. The number of rotatable bonds is 4. The molecular formula is C12H18ClNO2. The Labute approximate surface area is 102 Å². The molecule has 2 N–H and O–H groups in total. The molecule has 0 heterocycles. The first-order chi connectivity index (χ1) is 7.16. The van der Waals surface area contributed by atoms with Gasteiger partial charge in [0, 0.05) is 5.92 Å². The second-order valence-electron chi connectivity index (χ2n) is 3.48. The molecule has 0 fully saturated rings. The highest BCUT2D eigenvalue weighted by molar-refractivity contribution is 5.85. The van der Waals surface area contributed by atoms with Crippen LogP contribution < -0.4 is 5.73 Å². The lowest BCUT2D eigenvalue weighted by Gasteiger charge is -2.18. The number of hydrogen-bond acceptors (Lipinski definition) is 3. The molecule has 0 aliphatic heterocycles. The van der Waals surface area contributed by atoms with E-state index < -0.39 is 6.04 Å². The maximum absolute atomic E-state index is 11.4. The van der Waals surface area contributed by atoms with Gasteiger partial charge in [-0.3, -0.25) is 4.79 Å².